The van der Waals surface area contributed by atoms with E-state index in [1.165, 1.54) is 23.1 Å². The van der Waals surface area contributed by atoms with Crippen molar-refractivity contribution in [1.82, 2.24) is 4.98 Å². The number of ether oxygens (including phenoxy) is 1. The Kier molecular flexibility index (Phi) is 7.56. The first-order valence-electron chi connectivity index (χ1n) is 7.41. The van der Waals surface area contributed by atoms with E-state index in [0.717, 1.165) is 0 Å². The number of amides is 1. The molecule has 1 unspecified atom stereocenters. The summed E-state index contributed by atoms with van der Waals surface area (Å²) in [6, 6.07) is 4.85. The van der Waals surface area contributed by atoms with E-state index in [2.05, 4.69) is 10.3 Å². The molecular weight excluding hydrogens is 403 g/mol. The third-order valence-corrected chi connectivity index (χ3v) is 5.50. The van der Waals surface area contributed by atoms with Crippen LogP contribution in [0.5, 0.6) is 0 Å². The van der Waals surface area contributed by atoms with Gasteiger partial charge in [-0.15, -0.1) is 11.3 Å². The maximum absolute atomic E-state index is 12.3. The molecule has 0 saturated carbocycles. The van der Waals surface area contributed by atoms with Crippen LogP contribution in [0, 0.1) is 0 Å². The highest BCUT2D eigenvalue weighted by Gasteiger charge is 2.18. The van der Waals surface area contributed by atoms with Crippen molar-refractivity contribution in [1.29, 1.82) is 0 Å². The number of thioether (sulfide) groups is 1. The predicted molar refractivity (Wildman–Crippen MR) is 103 cm³/mol. The van der Waals surface area contributed by atoms with Crippen LogP contribution in [0.15, 0.2) is 27.9 Å². The molecular formula is C16H16Cl2N2O3S2. The average molecular weight is 419 g/mol. The van der Waals surface area contributed by atoms with Crippen molar-refractivity contribution in [2.24, 2.45) is 0 Å². The number of anilines is 1. The molecule has 5 nitrogen and oxygen atoms in total. The number of nitrogens with one attached hydrogen (secondary N) is 1. The van der Waals surface area contributed by atoms with Crippen LogP contribution in [-0.2, 0) is 20.7 Å². The number of benzene rings is 1. The molecule has 1 heterocycles. The quantitative estimate of drug-likeness (QED) is 0.522. The number of hydrogen-bond donors (Lipinski definition) is 1. The van der Waals surface area contributed by atoms with Gasteiger partial charge in [-0.2, -0.15) is 0 Å². The van der Waals surface area contributed by atoms with Gasteiger partial charge in [-0.25, -0.2) is 4.98 Å². The van der Waals surface area contributed by atoms with Gasteiger partial charge in [-0.1, -0.05) is 35.0 Å². The van der Waals surface area contributed by atoms with Crippen molar-refractivity contribution in [3.63, 3.8) is 0 Å². The molecule has 0 aliphatic carbocycles. The zero-order valence-electron chi connectivity index (χ0n) is 13.5. The van der Waals surface area contributed by atoms with Crippen LogP contribution in [0.3, 0.4) is 0 Å². The molecule has 0 aliphatic heterocycles. The topological polar surface area (TPSA) is 68.3 Å². The first-order valence-corrected chi connectivity index (χ1v) is 9.92. The number of rotatable bonds is 7. The number of aromatic nitrogens is 1. The van der Waals surface area contributed by atoms with Gasteiger partial charge >= 0.3 is 5.97 Å². The molecule has 1 aromatic carbocycles. The largest absolute Gasteiger partial charge is 0.466 e. The first kappa shape index (κ1) is 20.0. The minimum absolute atomic E-state index is 0.131. The lowest BCUT2D eigenvalue weighted by atomic mass is 10.3. The van der Waals surface area contributed by atoms with E-state index in [9.17, 15) is 9.59 Å². The normalized spacial score (nSPS) is 11.8. The summed E-state index contributed by atoms with van der Waals surface area (Å²) in [6.45, 7) is 3.88. The van der Waals surface area contributed by atoms with Gasteiger partial charge < -0.3 is 10.1 Å². The van der Waals surface area contributed by atoms with E-state index < -0.39 is 0 Å². The van der Waals surface area contributed by atoms with Crippen molar-refractivity contribution in [3.05, 3.63) is 39.3 Å². The smallest absolute Gasteiger partial charge is 0.311 e. The van der Waals surface area contributed by atoms with Gasteiger partial charge in [-0.05, 0) is 32.0 Å². The summed E-state index contributed by atoms with van der Waals surface area (Å²) in [7, 11) is 0. The van der Waals surface area contributed by atoms with Gasteiger partial charge in [0, 0.05) is 21.1 Å². The molecule has 9 heteroatoms. The molecule has 0 bridgehead atoms. The third-order valence-electron chi connectivity index (χ3n) is 2.94. The van der Waals surface area contributed by atoms with Crippen LogP contribution in [-0.4, -0.2) is 28.7 Å². The summed E-state index contributed by atoms with van der Waals surface area (Å²) in [5.74, 6) is -0.501. The van der Waals surface area contributed by atoms with Gasteiger partial charge in [0.1, 0.15) is 0 Å². The number of halogens is 2. The third kappa shape index (κ3) is 6.51. The fraction of sp³-hybridized carbons (Fsp3) is 0.312. The van der Waals surface area contributed by atoms with Crippen LogP contribution < -0.4 is 5.32 Å². The molecule has 1 aromatic heterocycles. The Morgan fingerprint density at radius 1 is 1.32 bits per heavy atom. The number of nitrogens with zero attached hydrogens (tertiary/aromatic N) is 1. The Bertz CT molecular complexity index is 747. The zero-order chi connectivity index (χ0) is 18.4. The van der Waals surface area contributed by atoms with Gasteiger partial charge in [0.15, 0.2) is 4.34 Å². The van der Waals surface area contributed by atoms with Gasteiger partial charge in [0.2, 0.25) is 5.91 Å². The lowest BCUT2D eigenvalue weighted by molar-refractivity contribution is -0.142. The van der Waals surface area contributed by atoms with E-state index >= 15 is 0 Å². The minimum Gasteiger partial charge on any atom is -0.466 e. The summed E-state index contributed by atoms with van der Waals surface area (Å²) in [4.78, 5) is 28.1. The van der Waals surface area contributed by atoms with Crippen LogP contribution in [0.4, 0.5) is 5.69 Å². The summed E-state index contributed by atoms with van der Waals surface area (Å²) >= 11 is 14.6. The van der Waals surface area contributed by atoms with Crippen LogP contribution in [0.1, 0.15) is 19.5 Å². The van der Waals surface area contributed by atoms with E-state index in [0.29, 0.717) is 32.4 Å². The lowest BCUT2D eigenvalue weighted by Crippen LogP contribution is -2.22. The summed E-state index contributed by atoms with van der Waals surface area (Å²) in [5, 5.41) is 5.09. The fourth-order valence-corrected chi connectivity index (χ4v) is 4.37. The Labute approximate surface area is 164 Å². The number of carbonyl (C=O) groups excluding carboxylic acids is 2. The Morgan fingerprint density at radius 3 is 2.64 bits per heavy atom. The molecule has 1 N–H and O–H groups in total. The molecule has 25 heavy (non-hydrogen) atoms. The molecule has 0 saturated heterocycles. The molecule has 0 aliphatic rings. The Balaban J connectivity index is 1.92. The van der Waals surface area contributed by atoms with E-state index in [-0.39, 0.29) is 23.5 Å². The Morgan fingerprint density at radius 2 is 2.00 bits per heavy atom. The summed E-state index contributed by atoms with van der Waals surface area (Å²) in [6.07, 6.45) is 0.131. The van der Waals surface area contributed by atoms with Crippen molar-refractivity contribution in [3.8, 4) is 0 Å². The second-order valence-electron chi connectivity index (χ2n) is 4.99. The van der Waals surface area contributed by atoms with E-state index in [1.807, 2.05) is 0 Å². The fourth-order valence-electron chi connectivity index (χ4n) is 1.86. The first-order chi connectivity index (χ1) is 11.9. The molecule has 134 valence electrons. The highest BCUT2D eigenvalue weighted by molar-refractivity contribution is 8.02. The van der Waals surface area contributed by atoms with Crippen molar-refractivity contribution < 1.29 is 14.3 Å². The number of esters is 1. The number of hydrogen-bond acceptors (Lipinski definition) is 6. The van der Waals surface area contributed by atoms with Gasteiger partial charge in [-0.3, -0.25) is 9.59 Å². The maximum Gasteiger partial charge on any atom is 0.311 e. The molecule has 2 aromatic rings. The molecule has 0 fully saturated rings. The van der Waals surface area contributed by atoms with Crippen LogP contribution in [0.25, 0.3) is 0 Å². The molecule has 0 spiro atoms. The number of carbonyl (C=O) groups is 2. The van der Waals surface area contributed by atoms with Crippen molar-refractivity contribution in [2.75, 3.05) is 11.9 Å². The second kappa shape index (κ2) is 9.43. The monoisotopic (exact) mass is 418 g/mol. The SMILES string of the molecule is CCOC(=O)Cc1csc(SC(C)C(=O)Nc2cc(Cl)cc(Cl)c2)n1. The van der Waals surface area contributed by atoms with Gasteiger partial charge in [0.25, 0.3) is 0 Å². The van der Waals surface area contributed by atoms with Crippen LogP contribution in [0.2, 0.25) is 10.0 Å². The second-order valence-corrected chi connectivity index (χ2v) is 8.31. The summed E-state index contributed by atoms with van der Waals surface area (Å²) in [5.41, 5.74) is 1.18. The zero-order valence-corrected chi connectivity index (χ0v) is 16.7. The van der Waals surface area contributed by atoms with Crippen LogP contribution >= 0.6 is 46.3 Å². The van der Waals surface area contributed by atoms with E-state index in [4.69, 9.17) is 27.9 Å². The molecule has 1 atom stereocenters. The molecule has 0 radical (unpaired) electrons. The lowest BCUT2D eigenvalue weighted by Gasteiger charge is -2.11. The highest BCUT2D eigenvalue weighted by Crippen LogP contribution is 2.28. The van der Waals surface area contributed by atoms with Crippen molar-refractivity contribution >= 4 is 63.9 Å². The van der Waals surface area contributed by atoms with E-state index in [1.54, 1.807) is 37.4 Å². The predicted octanol–water partition coefficient (Wildman–Crippen LogP) is 4.67. The highest BCUT2D eigenvalue weighted by atomic mass is 35.5. The average Bonchev–Trinajstić information content (AvgIpc) is 2.93. The van der Waals surface area contributed by atoms with Crippen molar-refractivity contribution in [2.45, 2.75) is 29.9 Å². The number of thiazole rings is 1. The van der Waals surface area contributed by atoms with Gasteiger partial charge in [0.05, 0.1) is 24.0 Å². The molecule has 1 amide bonds. The minimum atomic E-state index is -0.376. The Hall–Kier alpha value is -1.28. The standard InChI is InChI=1S/C16H16Cl2N2O3S2/c1-3-23-14(21)7-13-8-24-16(20-13)25-9(2)15(22)19-12-5-10(17)4-11(18)6-12/h4-6,8-9H,3,7H2,1-2H3,(H,19,22). The maximum atomic E-state index is 12.3. The summed E-state index contributed by atoms with van der Waals surface area (Å²) < 4.78 is 5.61. The molecule has 2 rings (SSSR count).